The van der Waals surface area contributed by atoms with Gasteiger partial charge in [0.2, 0.25) is 5.95 Å². The maximum absolute atomic E-state index is 12.9. The van der Waals surface area contributed by atoms with Gasteiger partial charge < -0.3 is 9.47 Å². The number of nitrogens with two attached hydrogens (primary N) is 1. The molecule has 7 heteroatoms. The van der Waals surface area contributed by atoms with E-state index in [4.69, 9.17) is 15.3 Å². The smallest absolute Gasteiger partial charge is 0.263 e. The average Bonchev–Trinajstić information content (AvgIpc) is 3.07. The number of ether oxygens (including phenoxy) is 2. The predicted octanol–water partition coefficient (Wildman–Crippen LogP) is 1.81. The zero-order chi connectivity index (χ0) is 15.7. The van der Waals surface area contributed by atoms with Gasteiger partial charge in [-0.05, 0) is 18.9 Å². The first-order valence-electron chi connectivity index (χ1n) is 7.34. The van der Waals surface area contributed by atoms with Gasteiger partial charge in [-0.15, -0.1) is 0 Å². The van der Waals surface area contributed by atoms with E-state index >= 15 is 0 Å². The van der Waals surface area contributed by atoms with Crippen molar-refractivity contribution in [1.82, 2.24) is 9.55 Å². The summed E-state index contributed by atoms with van der Waals surface area (Å²) in [5.74, 6) is 7.01. The summed E-state index contributed by atoms with van der Waals surface area (Å²) in [6, 6.07) is 3.51. The van der Waals surface area contributed by atoms with E-state index in [0.717, 1.165) is 25.7 Å². The van der Waals surface area contributed by atoms with E-state index < -0.39 is 0 Å². The van der Waals surface area contributed by atoms with Gasteiger partial charge in [-0.3, -0.25) is 14.8 Å². The number of methoxy groups -OCH3 is 2. The molecule has 1 aromatic carbocycles. The number of nitrogens with one attached hydrogen (secondary N) is 1. The number of nitrogens with zero attached hydrogens (tertiary/aromatic N) is 2. The normalized spacial score (nSPS) is 15.2. The lowest BCUT2D eigenvalue weighted by Crippen LogP contribution is -2.29. The number of hydrazine groups is 1. The molecule has 1 saturated carbocycles. The molecule has 0 amide bonds. The van der Waals surface area contributed by atoms with E-state index in [2.05, 4.69) is 10.4 Å². The Kier molecular flexibility index (Phi) is 3.89. The number of anilines is 1. The molecule has 1 aliphatic rings. The Balaban J connectivity index is 2.28. The molecule has 0 radical (unpaired) electrons. The molecule has 0 unspecified atom stereocenters. The Morgan fingerprint density at radius 3 is 2.45 bits per heavy atom. The van der Waals surface area contributed by atoms with Crippen molar-refractivity contribution in [3.05, 3.63) is 22.5 Å². The third kappa shape index (κ3) is 2.27. The number of nitrogen functional groups attached to an aromatic ring is 1. The van der Waals surface area contributed by atoms with Crippen LogP contribution in [-0.2, 0) is 0 Å². The zero-order valence-corrected chi connectivity index (χ0v) is 12.8. The monoisotopic (exact) mass is 304 g/mol. The van der Waals surface area contributed by atoms with Gasteiger partial charge in [-0.2, -0.15) is 0 Å². The van der Waals surface area contributed by atoms with E-state index in [-0.39, 0.29) is 11.6 Å². The first-order chi connectivity index (χ1) is 10.7. The first kappa shape index (κ1) is 14.6. The van der Waals surface area contributed by atoms with Crippen molar-refractivity contribution in [2.75, 3.05) is 19.6 Å². The summed E-state index contributed by atoms with van der Waals surface area (Å²) in [5, 5.41) is 0.503. The van der Waals surface area contributed by atoms with Crippen molar-refractivity contribution in [3.63, 3.8) is 0 Å². The van der Waals surface area contributed by atoms with E-state index in [1.54, 1.807) is 30.9 Å². The minimum absolute atomic E-state index is 0.106. The van der Waals surface area contributed by atoms with Crippen LogP contribution in [0.4, 0.5) is 5.95 Å². The molecule has 1 fully saturated rings. The highest BCUT2D eigenvalue weighted by Gasteiger charge is 2.23. The molecule has 118 valence electrons. The summed E-state index contributed by atoms with van der Waals surface area (Å²) in [6.45, 7) is 0. The lowest BCUT2D eigenvalue weighted by molar-refractivity contribution is 0.355. The molecule has 3 N–H and O–H groups in total. The maximum atomic E-state index is 12.9. The molecule has 1 heterocycles. The van der Waals surface area contributed by atoms with Gasteiger partial charge in [0, 0.05) is 12.1 Å². The fourth-order valence-corrected chi connectivity index (χ4v) is 3.13. The first-order valence-corrected chi connectivity index (χ1v) is 7.34. The topological polar surface area (TPSA) is 91.4 Å². The van der Waals surface area contributed by atoms with Crippen LogP contribution in [0, 0.1) is 0 Å². The van der Waals surface area contributed by atoms with Crippen molar-refractivity contribution < 1.29 is 9.47 Å². The number of benzene rings is 1. The molecule has 0 saturated heterocycles. The Hall–Kier alpha value is -2.28. The average molecular weight is 304 g/mol. The second-order valence-electron chi connectivity index (χ2n) is 5.42. The van der Waals surface area contributed by atoms with Gasteiger partial charge in [0.1, 0.15) is 0 Å². The summed E-state index contributed by atoms with van der Waals surface area (Å²) in [7, 11) is 3.09. The summed E-state index contributed by atoms with van der Waals surface area (Å²) in [4.78, 5) is 17.4. The Labute approximate surface area is 128 Å². The summed E-state index contributed by atoms with van der Waals surface area (Å²) in [5.41, 5.74) is 2.98. The van der Waals surface area contributed by atoms with Crippen LogP contribution in [0.5, 0.6) is 11.5 Å². The van der Waals surface area contributed by atoms with Crippen LogP contribution < -0.4 is 26.3 Å². The largest absolute Gasteiger partial charge is 0.493 e. The molecule has 22 heavy (non-hydrogen) atoms. The highest BCUT2D eigenvalue weighted by molar-refractivity contribution is 5.83. The molecule has 0 bridgehead atoms. The number of aromatic nitrogens is 2. The molecule has 1 aliphatic carbocycles. The van der Waals surface area contributed by atoms with E-state index in [9.17, 15) is 4.79 Å². The van der Waals surface area contributed by atoms with E-state index in [1.807, 2.05) is 0 Å². The fourth-order valence-electron chi connectivity index (χ4n) is 3.13. The molecule has 1 aromatic heterocycles. The maximum Gasteiger partial charge on any atom is 0.263 e. The van der Waals surface area contributed by atoms with Crippen LogP contribution in [0.15, 0.2) is 16.9 Å². The highest BCUT2D eigenvalue weighted by atomic mass is 16.5. The molecule has 0 spiro atoms. The number of rotatable bonds is 4. The van der Waals surface area contributed by atoms with Crippen LogP contribution in [0.25, 0.3) is 10.9 Å². The van der Waals surface area contributed by atoms with Gasteiger partial charge in [-0.25, -0.2) is 10.8 Å². The minimum atomic E-state index is -0.106. The third-order valence-corrected chi connectivity index (χ3v) is 4.22. The standard InChI is InChI=1S/C15H20N4O3/c1-21-12-7-10-11(8-13(12)22-2)17-15(18-16)19(14(10)20)9-5-3-4-6-9/h7-9H,3-6,16H2,1-2H3,(H,17,18). The summed E-state index contributed by atoms with van der Waals surface area (Å²) < 4.78 is 12.2. The predicted molar refractivity (Wildman–Crippen MR) is 84.4 cm³/mol. The summed E-state index contributed by atoms with van der Waals surface area (Å²) >= 11 is 0. The number of fused-ring (bicyclic) bond motifs is 1. The van der Waals surface area contributed by atoms with Crippen molar-refractivity contribution >= 4 is 16.9 Å². The second kappa shape index (κ2) is 5.84. The molecule has 0 atom stereocenters. The van der Waals surface area contributed by atoms with Gasteiger partial charge in [0.15, 0.2) is 11.5 Å². The lowest BCUT2D eigenvalue weighted by Gasteiger charge is -2.19. The quantitative estimate of drug-likeness (QED) is 0.661. The van der Waals surface area contributed by atoms with Crippen LogP contribution >= 0.6 is 0 Å². The van der Waals surface area contributed by atoms with Crippen LogP contribution in [0.2, 0.25) is 0 Å². The number of hydrogen-bond acceptors (Lipinski definition) is 6. The molecular weight excluding hydrogens is 284 g/mol. The molecule has 0 aliphatic heterocycles. The van der Waals surface area contributed by atoms with Gasteiger partial charge in [0.25, 0.3) is 5.56 Å². The lowest BCUT2D eigenvalue weighted by atomic mass is 10.2. The van der Waals surface area contributed by atoms with E-state index in [1.165, 1.54) is 0 Å². The fraction of sp³-hybridized carbons (Fsp3) is 0.467. The molecule has 7 nitrogen and oxygen atoms in total. The molecular formula is C15H20N4O3. The van der Waals surface area contributed by atoms with Crippen molar-refractivity contribution in [2.24, 2.45) is 5.84 Å². The summed E-state index contributed by atoms with van der Waals surface area (Å²) in [6.07, 6.45) is 4.17. The molecule has 3 rings (SSSR count). The highest BCUT2D eigenvalue weighted by Crippen LogP contribution is 2.33. The van der Waals surface area contributed by atoms with Crippen LogP contribution in [0.1, 0.15) is 31.7 Å². The number of hydrogen-bond donors (Lipinski definition) is 2. The van der Waals surface area contributed by atoms with Gasteiger partial charge in [-0.1, -0.05) is 12.8 Å². The Morgan fingerprint density at radius 2 is 1.86 bits per heavy atom. The SMILES string of the molecule is COc1cc2nc(NN)n(C3CCCC3)c(=O)c2cc1OC. The van der Waals surface area contributed by atoms with Gasteiger partial charge >= 0.3 is 0 Å². The zero-order valence-electron chi connectivity index (χ0n) is 12.8. The molecule has 2 aromatic rings. The van der Waals surface area contributed by atoms with Crippen molar-refractivity contribution in [2.45, 2.75) is 31.7 Å². The third-order valence-electron chi connectivity index (χ3n) is 4.22. The Morgan fingerprint density at radius 1 is 1.23 bits per heavy atom. The van der Waals surface area contributed by atoms with Crippen LogP contribution in [-0.4, -0.2) is 23.8 Å². The van der Waals surface area contributed by atoms with E-state index in [0.29, 0.717) is 28.4 Å². The van der Waals surface area contributed by atoms with Crippen molar-refractivity contribution in [1.29, 1.82) is 0 Å². The minimum Gasteiger partial charge on any atom is -0.493 e. The van der Waals surface area contributed by atoms with Crippen molar-refractivity contribution in [3.8, 4) is 11.5 Å². The van der Waals surface area contributed by atoms with Crippen LogP contribution in [0.3, 0.4) is 0 Å². The second-order valence-corrected chi connectivity index (χ2v) is 5.42. The Bertz CT molecular complexity index is 751. The van der Waals surface area contributed by atoms with Gasteiger partial charge in [0.05, 0.1) is 25.1 Å².